The van der Waals surface area contributed by atoms with Crippen LogP contribution in [0, 0.1) is 0 Å². The molecule has 0 saturated carbocycles. The Morgan fingerprint density at radius 2 is 1.50 bits per heavy atom. The van der Waals surface area contributed by atoms with E-state index in [1.807, 2.05) is 30.3 Å². The Bertz CT molecular complexity index is 357. The fraction of sp³-hybridized carbons (Fsp3) is 0.0769. The van der Waals surface area contributed by atoms with Crippen LogP contribution in [0.1, 0.15) is 16.8 Å². The minimum absolute atomic E-state index is 0. The summed E-state index contributed by atoms with van der Waals surface area (Å²) in [6.07, 6.45) is 0.610. The molecule has 0 heterocycles. The van der Waals surface area contributed by atoms with Crippen LogP contribution in [0.5, 0.6) is 0 Å². The maximum atomic E-state index is 10.9. The van der Waals surface area contributed by atoms with Crippen LogP contribution in [-0.4, -0.2) is 12.1 Å². The van der Waals surface area contributed by atoms with Crippen LogP contribution in [0.15, 0.2) is 54.6 Å². The first kappa shape index (κ1) is 14.7. The number of carbonyl (C=O) groups excluding carboxylic acids is 2. The van der Waals surface area contributed by atoms with E-state index in [0.29, 0.717) is 11.8 Å². The summed E-state index contributed by atoms with van der Waals surface area (Å²) in [6.45, 7) is 0. The predicted octanol–water partition coefficient (Wildman–Crippen LogP) is 2.58. The molecule has 0 aliphatic rings. The van der Waals surface area contributed by atoms with Crippen LogP contribution < -0.4 is 0 Å². The first-order chi connectivity index (χ1) is 7.34. The molecular weight excluding hydrogens is 289 g/mol. The summed E-state index contributed by atoms with van der Waals surface area (Å²) in [5.41, 5.74) is 0.618. The number of aldehydes is 1. The zero-order chi connectivity index (χ0) is 10.9. The monoisotopic (exact) mass is 302 g/mol. The van der Waals surface area contributed by atoms with Gasteiger partial charge in [-0.3, -0.25) is 0 Å². The molecule has 0 unspecified atom stereocenters. The molecule has 0 fully saturated rings. The van der Waals surface area contributed by atoms with Gasteiger partial charge in [-0.05, 0) is 0 Å². The van der Waals surface area contributed by atoms with Crippen molar-refractivity contribution in [3.8, 4) is 0 Å². The van der Waals surface area contributed by atoms with Crippen molar-refractivity contribution in [3.05, 3.63) is 60.2 Å². The van der Waals surface area contributed by atoms with Crippen LogP contribution in [0.3, 0.4) is 0 Å². The summed E-state index contributed by atoms with van der Waals surface area (Å²) < 4.78 is 0. The molecule has 16 heavy (non-hydrogen) atoms. The van der Waals surface area contributed by atoms with Crippen LogP contribution >= 0.6 is 0 Å². The van der Waals surface area contributed by atoms with E-state index in [4.69, 9.17) is 0 Å². The number of hydrogen-bond donors (Lipinski definition) is 0. The number of Topliss-reactive ketones (excluding diaryl/α,β-unsaturated/α-hetero) is 1. The summed E-state index contributed by atoms with van der Waals surface area (Å²) in [4.78, 5) is 20.8. The van der Waals surface area contributed by atoms with Crippen LogP contribution in [0.25, 0.3) is 0 Å². The van der Waals surface area contributed by atoms with E-state index < -0.39 is 0 Å². The molecule has 0 N–H and O–H groups in total. The van der Waals surface area contributed by atoms with Crippen molar-refractivity contribution in [1.29, 1.82) is 0 Å². The van der Waals surface area contributed by atoms with Crippen molar-refractivity contribution in [2.45, 2.75) is 6.42 Å². The SMILES string of the molecule is O=CCC(=O)[c-]1cccc1.[Ru].[cH-]1[cH-][cH-][cH-][cH-]1. The topological polar surface area (TPSA) is 34.1 Å². The van der Waals surface area contributed by atoms with Gasteiger partial charge >= 0.3 is 0 Å². The van der Waals surface area contributed by atoms with E-state index in [2.05, 4.69) is 0 Å². The molecule has 0 bridgehead atoms. The second-order valence-electron chi connectivity index (χ2n) is 2.93. The van der Waals surface area contributed by atoms with Crippen molar-refractivity contribution in [3.63, 3.8) is 0 Å². The molecule has 2 rings (SSSR count). The molecule has 2 nitrogen and oxygen atoms in total. The maximum absolute atomic E-state index is 10.9. The van der Waals surface area contributed by atoms with Crippen molar-refractivity contribution in [2.75, 3.05) is 0 Å². The van der Waals surface area contributed by atoms with Crippen LogP contribution in [0.4, 0.5) is 0 Å². The average Bonchev–Trinajstić information content (AvgIpc) is 2.95. The van der Waals surface area contributed by atoms with E-state index in [1.54, 1.807) is 24.3 Å². The summed E-state index contributed by atoms with van der Waals surface area (Å²) in [5.74, 6) is -0.111. The van der Waals surface area contributed by atoms with Crippen LogP contribution in [0.2, 0.25) is 0 Å². The fourth-order valence-electron chi connectivity index (χ4n) is 1.07. The minimum Gasteiger partial charge on any atom is -0.748 e. The average molecular weight is 301 g/mol. The zero-order valence-electron chi connectivity index (χ0n) is 8.65. The number of carbonyl (C=O) groups is 2. The first-order valence-corrected chi connectivity index (χ1v) is 4.70. The van der Waals surface area contributed by atoms with Gasteiger partial charge in [-0.1, -0.05) is 5.56 Å². The van der Waals surface area contributed by atoms with E-state index in [1.165, 1.54) is 0 Å². The summed E-state index contributed by atoms with van der Waals surface area (Å²) in [6, 6.07) is 17.0. The van der Waals surface area contributed by atoms with Crippen LogP contribution in [-0.2, 0) is 24.3 Å². The molecule has 0 spiro atoms. The summed E-state index contributed by atoms with van der Waals surface area (Å²) in [5, 5.41) is 0. The largest absolute Gasteiger partial charge is 0.748 e. The van der Waals surface area contributed by atoms with Gasteiger partial charge in [0.05, 0.1) is 6.42 Å². The van der Waals surface area contributed by atoms with Crippen molar-refractivity contribution >= 4 is 12.1 Å². The Hall–Kier alpha value is -1.34. The number of rotatable bonds is 3. The smallest absolute Gasteiger partial charge is 0.126 e. The van der Waals surface area contributed by atoms with Gasteiger partial charge in [-0.25, -0.2) is 12.1 Å². The quantitative estimate of drug-likeness (QED) is 0.287. The molecule has 90 valence electrons. The van der Waals surface area contributed by atoms with Gasteiger partial charge in [0.25, 0.3) is 0 Å². The first-order valence-electron chi connectivity index (χ1n) is 4.70. The summed E-state index contributed by atoms with van der Waals surface area (Å²) >= 11 is 0. The number of hydrogen-bond acceptors (Lipinski definition) is 2. The molecule has 0 aromatic heterocycles. The minimum atomic E-state index is -0.111. The molecule has 0 aliphatic heterocycles. The number of ketones is 1. The normalized spacial score (nSPS) is 8.25. The molecular formula is C13H12O2Ru-6. The van der Waals surface area contributed by atoms with Crippen molar-refractivity contribution < 1.29 is 29.1 Å². The molecule has 0 atom stereocenters. The Morgan fingerprint density at radius 1 is 1.06 bits per heavy atom. The van der Waals surface area contributed by atoms with Crippen molar-refractivity contribution in [1.82, 2.24) is 0 Å². The van der Waals surface area contributed by atoms with E-state index in [0.717, 1.165) is 0 Å². The van der Waals surface area contributed by atoms with E-state index >= 15 is 0 Å². The standard InChI is InChI=1S/C8H7O2.C5H5.Ru/c9-6-5-8(10)7-3-1-2-4-7;1-2-4-5-3-1;/h1-4,6H,5H2;1-5H;/q-1;-5;. The second kappa shape index (κ2) is 8.93. The third-order valence-electron chi connectivity index (χ3n) is 1.81. The maximum Gasteiger partial charge on any atom is 0.126 e. The van der Waals surface area contributed by atoms with Crippen molar-refractivity contribution in [2.24, 2.45) is 0 Å². The molecule has 2 aromatic rings. The van der Waals surface area contributed by atoms with Gasteiger partial charge in [0, 0.05) is 19.5 Å². The zero-order valence-corrected chi connectivity index (χ0v) is 10.4. The predicted molar refractivity (Wildman–Crippen MR) is 59.1 cm³/mol. The van der Waals surface area contributed by atoms with Gasteiger partial charge in [0.15, 0.2) is 0 Å². The third-order valence-corrected chi connectivity index (χ3v) is 1.81. The van der Waals surface area contributed by atoms with E-state index in [9.17, 15) is 9.59 Å². The third kappa shape index (κ3) is 5.52. The van der Waals surface area contributed by atoms with Gasteiger partial charge < -0.3 is 39.9 Å². The van der Waals surface area contributed by atoms with Gasteiger partial charge in [0.1, 0.15) is 12.1 Å². The van der Waals surface area contributed by atoms with Gasteiger partial charge in [-0.2, -0.15) is 12.1 Å². The molecule has 0 radical (unpaired) electrons. The van der Waals surface area contributed by atoms with E-state index in [-0.39, 0.29) is 31.7 Å². The Labute approximate surface area is 108 Å². The Kier molecular flexibility index (Phi) is 8.18. The Morgan fingerprint density at radius 3 is 1.88 bits per heavy atom. The molecule has 0 aliphatic carbocycles. The van der Waals surface area contributed by atoms with Gasteiger partial charge in [0.2, 0.25) is 0 Å². The molecule has 2 aromatic carbocycles. The molecule has 0 amide bonds. The summed E-state index contributed by atoms with van der Waals surface area (Å²) in [7, 11) is 0. The Balaban J connectivity index is 0.000000318. The van der Waals surface area contributed by atoms with Gasteiger partial charge in [-0.15, -0.1) is 0 Å². The molecule has 3 heteroatoms. The fourth-order valence-corrected chi connectivity index (χ4v) is 1.07. The second-order valence-corrected chi connectivity index (χ2v) is 2.93. The molecule has 0 saturated heterocycles.